The molecule has 115 heavy (non-hydrogen) atoms. The number of nitrogens with zero attached hydrogens (tertiary/aromatic N) is 4. The highest BCUT2D eigenvalue weighted by Gasteiger charge is 2.43. The van der Waals surface area contributed by atoms with Crippen LogP contribution in [0.3, 0.4) is 0 Å². The van der Waals surface area contributed by atoms with Gasteiger partial charge in [0.05, 0.1) is 79.6 Å². The molecule has 0 saturated heterocycles. The number of hydrogen-bond acceptors (Lipinski definition) is 6. The topological polar surface area (TPSA) is 104 Å². The van der Waals surface area contributed by atoms with Gasteiger partial charge in [0.25, 0.3) is 22.2 Å². The molecular weight excluding hydrogens is 1410 g/mol. The molecule has 0 aliphatic heterocycles. The van der Waals surface area contributed by atoms with E-state index in [1.807, 2.05) is 139 Å². The quantitative estimate of drug-likeness (QED) is 0.0416. The highest BCUT2D eigenvalue weighted by Crippen LogP contribution is 2.57. The van der Waals surface area contributed by atoms with Gasteiger partial charge in [0.15, 0.2) is 0 Å². The Morgan fingerprint density at radius 3 is 0.870 bits per heavy atom. The van der Waals surface area contributed by atoms with Crippen molar-refractivity contribution in [3.8, 4) is 89.4 Å². The highest BCUT2D eigenvalue weighted by molar-refractivity contribution is 6.30. The highest BCUT2D eigenvalue weighted by atomic mass is 16.5. The van der Waals surface area contributed by atoms with Crippen molar-refractivity contribution in [1.29, 1.82) is 0 Å². The number of para-hydroxylation sites is 4. The van der Waals surface area contributed by atoms with Crippen LogP contribution in [0.5, 0.6) is 11.5 Å². The van der Waals surface area contributed by atoms with E-state index in [2.05, 4.69) is 151 Å². The number of fused-ring (bicyclic) bond motifs is 15. The maximum atomic E-state index is 16.0. The number of benzene rings is 10. The van der Waals surface area contributed by atoms with E-state index in [4.69, 9.17) is 9.47 Å². The Morgan fingerprint density at radius 2 is 0.574 bits per heavy atom. The Balaban J connectivity index is 0.691. The lowest BCUT2D eigenvalue weighted by atomic mass is 9.70. The molecule has 10 heteroatoms. The Morgan fingerprint density at radius 1 is 0.296 bits per heavy atom. The Hall–Kier alpha value is -11.9. The lowest BCUT2D eigenvalue weighted by Gasteiger charge is -2.33. The zero-order chi connectivity index (χ0) is 78.3. The van der Waals surface area contributed by atoms with E-state index in [1.165, 1.54) is 47.9 Å². The van der Waals surface area contributed by atoms with Crippen LogP contribution in [0.1, 0.15) is 168 Å². The van der Waals surface area contributed by atoms with Gasteiger partial charge in [-0.15, -0.1) is 0 Å². The molecule has 0 amide bonds. The fourth-order valence-electron chi connectivity index (χ4n) is 20.2. The van der Waals surface area contributed by atoms with E-state index >= 15 is 19.2 Å². The molecule has 574 valence electrons. The number of rotatable bonds is 30. The van der Waals surface area contributed by atoms with Crippen LogP contribution in [0.2, 0.25) is 0 Å². The average molecular weight is 1510 g/mol. The first-order valence-electron chi connectivity index (χ1n) is 42.7. The van der Waals surface area contributed by atoms with E-state index < -0.39 is 0 Å². The maximum absolute atomic E-state index is 16.0. The molecule has 18 aromatic rings. The van der Waals surface area contributed by atoms with Crippen molar-refractivity contribution in [2.75, 3.05) is 13.2 Å². The number of aromatic nitrogens is 4. The van der Waals surface area contributed by atoms with Gasteiger partial charge in [-0.2, -0.15) is 0 Å². The van der Waals surface area contributed by atoms with Crippen molar-refractivity contribution in [3.63, 3.8) is 0 Å². The van der Waals surface area contributed by atoms with Crippen LogP contribution in [0.4, 0.5) is 0 Å². The van der Waals surface area contributed by atoms with Gasteiger partial charge in [-0.3, -0.25) is 36.8 Å². The van der Waals surface area contributed by atoms with Gasteiger partial charge >= 0.3 is 0 Å². The largest absolute Gasteiger partial charge is 0.493 e. The Bertz CT molecular complexity index is 6530. The molecule has 2 unspecified atom stereocenters. The smallest absolute Gasteiger partial charge is 0.264 e. The molecule has 0 N–H and O–H groups in total. The summed E-state index contributed by atoms with van der Waals surface area (Å²) in [6.45, 7) is 14.8. The number of pyridine rings is 4. The van der Waals surface area contributed by atoms with Crippen LogP contribution in [-0.4, -0.2) is 30.8 Å². The summed E-state index contributed by atoms with van der Waals surface area (Å²) in [5.74, 6) is 2.52. The third-order valence-corrected chi connectivity index (χ3v) is 26.2. The Kier molecular flexibility index (Phi) is 19.2. The summed E-state index contributed by atoms with van der Waals surface area (Å²) in [6, 6.07) is 79.8. The van der Waals surface area contributed by atoms with Gasteiger partial charge in [0.1, 0.15) is 11.5 Å². The second kappa shape index (κ2) is 30.1. The molecule has 8 aromatic heterocycles. The molecular formula is C105H98N4O6. The number of unbranched alkanes of at least 4 members (excludes halogenated alkanes) is 8. The molecule has 8 heterocycles. The monoisotopic (exact) mass is 1510 g/mol. The predicted molar refractivity (Wildman–Crippen MR) is 479 cm³/mol. The second-order valence-corrected chi connectivity index (χ2v) is 32.9. The molecule has 0 spiro atoms. The lowest BCUT2D eigenvalue weighted by molar-refractivity contribution is 0.233. The third-order valence-electron chi connectivity index (χ3n) is 26.2. The summed E-state index contributed by atoms with van der Waals surface area (Å²) in [6.07, 6.45) is 20.3. The fraction of sp³-hybridized carbons (Fsp3) is 0.276. The molecule has 0 radical (unpaired) electrons. The first-order chi connectivity index (χ1) is 56.5. The first kappa shape index (κ1) is 73.3. The fourth-order valence-corrected chi connectivity index (χ4v) is 20.2. The molecule has 10 aromatic carbocycles. The van der Waals surface area contributed by atoms with E-state index in [0.717, 1.165) is 233 Å². The summed E-state index contributed by atoms with van der Waals surface area (Å²) in [4.78, 5) is 63.6. The van der Waals surface area contributed by atoms with Crippen molar-refractivity contribution in [1.82, 2.24) is 17.6 Å². The maximum Gasteiger partial charge on any atom is 0.264 e. The lowest BCUT2D eigenvalue weighted by Crippen LogP contribution is -2.25. The first-order valence-corrected chi connectivity index (χ1v) is 42.7. The average Bonchev–Trinajstić information content (AvgIpc) is 1.52. The van der Waals surface area contributed by atoms with Crippen molar-refractivity contribution in [3.05, 3.63) is 283 Å². The summed E-state index contributed by atoms with van der Waals surface area (Å²) in [5.41, 5.74) is 20.4. The van der Waals surface area contributed by atoms with Gasteiger partial charge < -0.3 is 9.47 Å². The third kappa shape index (κ3) is 11.8. The van der Waals surface area contributed by atoms with Gasteiger partial charge in [0, 0.05) is 48.5 Å². The minimum absolute atomic E-state index is 0.123. The SMILES string of the molecule is CCCCCCC1(CCCCCC)c2cc(-c3ccc(-c4c(=O)n5c6ccccc6c6c(-c7ccc(OCC(CC)CCCC)cc7)c(=O)n7c8ccccc8c4c7c65)cc3)ccc2-c2ccc(-c3ccc(-c4c(=O)n5c6ccccc6c6c(-c7ccc(OCC(CC)CCCC)cc7)c(=O)n7c8ccccc8c4c7c65)cc3)cc21. The summed E-state index contributed by atoms with van der Waals surface area (Å²) < 4.78 is 20.3. The molecule has 19 rings (SSSR count). The zero-order valence-electron chi connectivity index (χ0n) is 67.0. The molecule has 1 aliphatic carbocycles. The minimum atomic E-state index is -0.263. The summed E-state index contributed by atoms with van der Waals surface area (Å²) in [5, 5.41) is 6.57. The van der Waals surface area contributed by atoms with Gasteiger partial charge in [-0.1, -0.05) is 301 Å². The van der Waals surface area contributed by atoms with Gasteiger partial charge in [-0.05, 0) is 165 Å². The molecule has 0 fully saturated rings. The van der Waals surface area contributed by atoms with Crippen LogP contribution in [0, 0.1) is 11.8 Å². The van der Waals surface area contributed by atoms with E-state index in [1.54, 1.807) is 0 Å². The van der Waals surface area contributed by atoms with E-state index in [0.29, 0.717) is 47.3 Å². The summed E-state index contributed by atoms with van der Waals surface area (Å²) in [7, 11) is 0. The molecule has 0 saturated carbocycles. The van der Waals surface area contributed by atoms with Crippen LogP contribution < -0.4 is 31.7 Å². The number of hydrogen-bond donors (Lipinski definition) is 0. The normalized spacial score (nSPS) is 13.4. The van der Waals surface area contributed by atoms with Gasteiger partial charge in [0.2, 0.25) is 0 Å². The van der Waals surface area contributed by atoms with Crippen LogP contribution in [-0.2, 0) is 5.41 Å². The number of ether oxygens (including phenoxy) is 2. The molecule has 2 atom stereocenters. The van der Waals surface area contributed by atoms with Gasteiger partial charge in [-0.25, -0.2) is 0 Å². The van der Waals surface area contributed by atoms with Crippen molar-refractivity contribution >= 4 is 87.2 Å². The van der Waals surface area contributed by atoms with Crippen molar-refractivity contribution in [2.24, 2.45) is 11.8 Å². The van der Waals surface area contributed by atoms with Crippen LogP contribution in [0.15, 0.2) is 250 Å². The van der Waals surface area contributed by atoms with E-state index in [-0.39, 0.29) is 27.7 Å². The van der Waals surface area contributed by atoms with Crippen LogP contribution >= 0.6 is 0 Å². The minimum Gasteiger partial charge on any atom is -0.493 e. The molecule has 0 bridgehead atoms. The second-order valence-electron chi connectivity index (χ2n) is 32.9. The molecule has 10 nitrogen and oxygen atoms in total. The van der Waals surface area contributed by atoms with E-state index in [9.17, 15) is 0 Å². The summed E-state index contributed by atoms with van der Waals surface area (Å²) >= 11 is 0. The molecule has 1 aliphatic rings. The van der Waals surface area contributed by atoms with Crippen molar-refractivity contribution in [2.45, 2.75) is 163 Å². The Labute approximate surface area is 670 Å². The standard InChI is InChI=1S/C105H98N4O6/c1-7-13-17-27-59-105(60-28-18-14-8-2)83-61-73(67-39-43-69(44-40-67)89-93-79-31-19-23-35-85(79)108-97(93)99-95(81-33-21-25-37-87(81)106(99)101(89)110)91(103(108)112)71-47-53-75(54-48-71)114-63-65(11-5)29-15-9-3)51-57-77(83)78-58-52-74(62-84(78)105)68-41-45-70(46-42-68)90-94-80-32-20-24-36-86(80)109-98(94)100-96(82-34-22-26-38-88(82)107(100)102(90)111)92(104(109)113)72-49-55-76(56-50-72)115-64-66(12-6)30-16-10-4/h19-26,31-58,61-62,65-66H,7-18,27-30,59-60,63-64H2,1-6H3. The predicted octanol–water partition coefficient (Wildman–Crippen LogP) is 26.2. The van der Waals surface area contributed by atoms with Crippen molar-refractivity contribution < 1.29 is 9.47 Å². The zero-order valence-corrected chi connectivity index (χ0v) is 67.0. The van der Waals surface area contributed by atoms with Crippen LogP contribution in [0.25, 0.3) is 165 Å².